The molecule has 2 amide bonds. The number of nitrogens with zero attached hydrogens (tertiary/aromatic N) is 1. The second-order valence-electron chi connectivity index (χ2n) is 5.65. The normalized spacial score (nSPS) is 17.0. The summed E-state index contributed by atoms with van der Waals surface area (Å²) < 4.78 is 23.8. The van der Waals surface area contributed by atoms with Gasteiger partial charge in [-0.2, -0.15) is 0 Å². The Morgan fingerprint density at radius 3 is 2.67 bits per heavy atom. The molecule has 7 heteroatoms. The number of likely N-dealkylation sites (tertiary alicyclic amines) is 1. The Morgan fingerprint density at radius 2 is 2.00 bits per heavy atom. The number of hydrogen-bond acceptors (Lipinski definition) is 4. The SMILES string of the molecule is NC(=O)C1CCN(C(=O)c2ccc(COc3ccc(F)cc3)o2)C1. The molecule has 1 aromatic carbocycles. The van der Waals surface area contributed by atoms with E-state index in [1.165, 1.54) is 24.3 Å². The zero-order valence-corrected chi connectivity index (χ0v) is 12.9. The number of primary amides is 1. The van der Waals surface area contributed by atoms with Gasteiger partial charge in [0.1, 0.15) is 23.9 Å². The average Bonchev–Trinajstić information content (AvgIpc) is 3.23. The number of carbonyl (C=O) groups excluding carboxylic acids is 2. The van der Waals surface area contributed by atoms with Crippen molar-refractivity contribution in [1.29, 1.82) is 0 Å². The number of hydrogen-bond donors (Lipinski definition) is 1. The van der Waals surface area contributed by atoms with Gasteiger partial charge in [-0.1, -0.05) is 0 Å². The first-order valence-electron chi connectivity index (χ1n) is 7.58. The quantitative estimate of drug-likeness (QED) is 0.907. The van der Waals surface area contributed by atoms with Crippen LogP contribution >= 0.6 is 0 Å². The van der Waals surface area contributed by atoms with E-state index in [4.69, 9.17) is 14.9 Å². The Morgan fingerprint density at radius 1 is 1.25 bits per heavy atom. The second-order valence-corrected chi connectivity index (χ2v) is 5.65. The molecule has 24 heavy (non-hydrogen) atoms. The average molecular weight is 332 g/mol. The molecule has 2 heterocycles. The highest BCUT2D eigenvalue weighted by Gasteiger charge is 2.31. The lowest BCUT2D eigenvalue weighted by molar-refractivity contribution is -0.121. The van der Waals surface area contributed by atoms with Crippen molar-refractivity contribution in [3.63, 3.8) is 0 Å². The lowest BCUT2D eigenvalue weighted by Crippen LogP contribution is -2.31. The molecule has 1 aliphatic rings. The molecule has 1 saturated heterocycles. The van der Waals surface area contributed by atoms with Crippen molar-refractivity contribution >= 4 is 11.8 Å². The summed E-state index contributed by atoms with van der Waals surface area (Å²) >= 11 is 0. The summed E-state index contributed by atoms with van der Waals surface area (Å²) in [6.45, 7) is 0.924. The molecular formula is C17H17FN2O4. The maximum Gasteiger partial charge on any atom is 0.289 e. The first kappa shape index (κ1) is 16.0. The van der Waals surface area contributed by atoms with E-state index in [1.807, 2.05) is 0 Å². The standard InChI is InChI=1S/C17H17FN2O4/c18-12-1-3-13(4-2-12)23-10-14-5-6-15(24-14)17(22)20-8-7-11(9-20)16(19)21/h1-6,11H,7-10H2,(H2,19,21). The largest absolute Gasteiger partial charge is 0.486 e. The molecule has 2 aromatic rings. The van der Waals surface area contributed by atoms with Gasteiger partial charge in [-0.3, -0.25) is 9.59 Å². The number of amides is 2. The minimum absolute atomic E-state index is 0.128. The zero-order valence-electron chi connectivity index (χ0n) is 12.9. The smallest absolute Gasteiger partial charge is 0.289 e. The van der Waals surface area contributed by atoms with Gasteiger partial charge in [0, 0.05) is 13.1 Å². The molecule has 0 saturated carbocycles. The van der Waals surface area contributed by atoms with E-state index in [9.17, 15) is 14.0 Å². The fourth-order valence-electron chi connectivity index (χ4n) is 2.59. The Kier molecular flexibility index (Phi) is 4.50. The van der Waals surface area contributed by atoms with Crippen LogP contribution in [0.15, 0.2) is 40.8 Å². The van der Waals surface area contributed by atoms with Crippen LogP contribution in [-0.2, 0) is 11.4 Å². The van der Waals surface area contributed by atoms with Crippen LogP contribution in [0.4, 0.5) is 4.39 Å². The Balaban J connectivity index is 1.58. The summed E-state index contributed by atoms with van der Waals surface area (Å²) in [5, 5.41) is 0. The Labute approximate surface area is 138 Å². The third-order valence-electron chi connectivity index (χ3n) is 3.95. The fourth-order valence-corrected chi connectivity index (χ4v) is 2.59. The van der Waals surface area contributed by atoms with Gasteiger partial charge < -0.3 is 19.8 Å². The molecule has 6 nitrogen and oxygen atoms in total. The molecule has 1 atom stereocenters. The summed E-state index contributed by atoms with van der Waals surface area (Å²) in [5.74, 6) is -0.126. The molecule has 1 aromatic heterocycles. The van der Waals surface area contributed by atoms with Crippen LogP contribution in [0.5, 0.6) is 5.75 Å². The maximum absolute atomic E-state index is 12.8. The fraction of sp³-hybridized carbons (Fsp3) is 0.294. The number of benzene rings is 1. The van der Waals surface area contributed by atoms with E-state index in [0.29, 0.717) is 31.0 Å². The number of rotatable bonds is 5. The molecule has 1 fully saturated rings. The topological polar surface area (TPSA) is 85.8 Å². The molecule has 3 rings (SSSR count). The van der Waals surface area contributed by atoms with Crippen molar-refractivity contribution in [1.82, 2.24) is 4.90 Å². The van der Waals surface area contributed by atoms with Gasteiger partial charge in [-0.05, 0) is 42.8 Å². The molecule has 0 spiro atoms. The van der Waals surface area contributed by atoms with Gasteiger partial charge in [0.25, 0.3) is 5.91 Å². The predicted molar refractivity (Wildman–Crippen MR) is 82.6 cm³/mol. The molecule has 1 aliphatic heterocycles. The minimum atomic E-state index is -0.391. The third-order valence-corrected chi connectivity index (χ3v) is 3.95. The van der Waals surface area contributed by atoms with Gasteiger partial charge in [-0.15, -0.1) is 0 Å². The minimum Gasteiger partial charge on any atom is -0.486 e. The first-order valence-corrected chi connectivity index (χ1v) is 7.58. The monoisotopic (exact) mass is 332 g/mol. The van der Waals surface area contributed by atoms with E-state index in [0.717, 1.165) is 0 Å². The first-order chi connectivity index (χ1) is 11.5. The van der Waals surface area contributed by atoms with Crippen molar-refractivity contribution in [2.75, 3.05) is 13.1 Å². The molecule has 0 aliphatic carbocycles. The number of nitrogens with two attached hydrogens (primary N) is 1. The number of ether oxygens (including phenoxy) is 1. The van der Waals surface area contributed by atoms with Gasteiger partial charge in [-0.25, -0.2) is 4.39 Å². The highest BCUT2D eigenvalue weighted by Crippen LogP contribution is 2.20. The molecule has 2 N–H and O–H groups in total. The highest BCUT2D eigenvalue weighted by molar-refractivity contribution is 5.92. The van der Waals surface area contributed by atoms with Crippen molar-refractivity contribution < 1.29 is 23.1 Å². The van der Waals surface area contributed by atoms with Crippen molar-refractivity contribution in [3.8, 4) is 5.75 Å². The number of carbonyl (C=O) groups is 2. The van der Waals surface area contributed by atoms with Gasteiger partial charge >= 0.3 is 0 Å². The lowest BCUT2D eigenvalue weighted by Gasteiger charge is -2.13. The summed E-state index contributed by atoms with van der Waals surface area (Å²) in [7, 11) is 0. The number of halogens is 1. The molecule has 126 valence electrons. The Hall–Kier alpha value is -2.83. The van der Waals surface area contributed by atoms with E-state index >= 15 is 0 Å². The predicted octanol–water partition coefficient (Wildman–Crippen LogP) is 1.95. The van der Waals surface area contributed by atoms with E-state index in [2.05, 4.69) is 0 Å². The van der Waals surface area contributed by atoms with Crippen LogP contribution in [0, 0.1) is 11.7 Å². The maximum atomic E-state index is 12.8. The molecule has 0 bridgehead atoms. The summed E-state index contributed by atoms with van der Waals surface area (Å²) in [4.78, 5) is 25.1. The van der Waals surface area contributed by atoms with E-state index < -0.39 is 5.91 Å². The third kappa shape index (κ3) is 3.56. The van der Waals surface area contributed by atoms with Crippen molar-refractivity contribution in [2.45, 2.75) is 13.0 Å². The van der Waals surface area contributed by atoms with Crippen LogP contribution in [0.2, 0.25) is 0 Å². The summed E-state index contributed by atoms with van der Waals surface area (Å²) in [6, 6.07) is 8.85. The van der Waals surface area contributed by atoms with Gasteiger partial charge in [0.15, 0.2) is 5.76 Å². The van der Waals surface area contributed by atoms with Gasteiger partial charge in [0.05, 0.1) is 5.92 Å². The summed E-state index contributed by atoms with van der Waals surface area (Å²) in [6.07, 6.45) is 0.572. The zero-order chi connectivity index (χ0) is 17.1. The highest BCUT2D eigenvalue weighted by atomic mass is 19.1. The van der Waals surface area contributed by atoms with Crippen LogP contribution in [0.25, 0.3) is 0 Å². The van der Waals surface area contributed by atoms with E-state index in [-0.39, 0.29) is 30.0 Å². The summed E-state index contributed by atoms with van der Waals surface area (Å²) in [5.41, 5.74) is 5.27. The molecule has 1 unspecified atom stereocenters. The second kappa shape index (κ2) is 6.74. The van der Waals surface area contributed by atoms with Crippen LogP contribution < -0.4 is 10.5 Å². The van der Waals surface area contributed by atoms with Crippen LogP contribution in [0.1, 0.15) is 22.7 Å². The Bertz CT molecular complexity index is 741. The van der Waals surface area contributed by atoms with Crippen LogP contribution in [-0.4, -0.2) is 29.8 Å². The van der Waals surface area contributed by atoms with Gasteiger partial charge in [0.2, 0.25) is 5.91 Å². The van der Waals surface area contributed by atoms with Crippen molar-refractivity contribution in [3.05, 3.63) is 53.7 Å². The van der Waals surface area contributed by atoms with Crippen molar-refractivity contribution in [2.24, 2.45) is 11.7 Å². The number of furan rings is 1. The van der Waals surface area contributed by atoms with Crippen LogP contribution in [0.3, 0.4) is 0 Å². The molecular weight excluding hydrogens is 315 g/mol. The van der Waals surface area contributed by atoms with E-state index in [1.54, 1.807) is 17.0 Å². The lowest BCUT2D eigenvalue weighted by atomic mass is 10.1. The molecule has 0 radical (unpaired) electrons.